The van der Waals surface area contributed by atoms with Crippen LogP contribution in [-0.4, -0.2) is 17.0 Å². The van der Waals surface area contributed by atoms with Crippen LogP contribution in [-0.2, 0) is 0 Å². The lowest BCUT2D eigenvalue weighted by atomic mass is 10.1. The molecule has 1 N–H and O–H groups in total. The summed E-state index contributed by atoms with van der Waals surface area (Å²) in [7, 11) is 0. The van der Waals surface area contributed by atoms with Crippen molar-refractivity contribution in [3.63, 3.8) is 0 Å². The summed E-state index contributed by atoms with van der Waals surface area (Å²) in [4.78, 5) is 22.0. The van der Waals surface area contributed by atoms with E-state index in [1.807, 2.05) is 19.1 Å². The number of halogens is 1. The molecule has 0 unspecified atom stereocenters. The third-order valence-corrected chi connectivity index (χ3v) is 3.18. The summed E-state index contributed by atoms with van der Waals surface area (Å²) in [6, 6.07) is 11.3. The molecule has 2 aromatic rings. The number of aryl methyl sites for hydroxylation is 1. The zero-order chi connectivity index (χ0) is 16.1. The van der Waals surface area contributed by atoms with Gasteiger partial charge in [-0.25, -0.2) is 5.43 Å². The molecule has 0 radical (unpaired) electrons. The Bertz CT molecular complexity index is 742. The van der Waals surface area contributed by atoms with Crippen LogP contribution in [0.2, 0.25) is 5.02 Å². The fraction of sp³-hybridized carbons (Fsp3) is 0.0667. The average molecular weight is 318 g/mol. The molecule has 0 spiro atoms. The standard InChI is InChI=1S/C15H12ClN3O3/c1-10-2-5-12(6-3-10)15(20)18-17-9-11-4-7-13(16)14(8-11)19(21)22/h2-9H,1H3,(H,18,20). The van der Waals surface area contributed by atoms with E-state index in [9.17, 15) is 14.9 Å². The number of benzene rings is 2. The van der Waals surface area contributed by atoms with Crippen molar-refractivity contribution in [2.45, 2.75) is 6.92 Å². The molecular weight excluding hydrogens is 306 g/mol. The Labute approximate surface area is 131 Å². The van der Waals surface area contributed by atoms with Crippen LogP contribution in [0.5, 0.6) is 0 Å². The largest absolute Gasteiger partial charge is 0.288 e. The van der Waals surface area contributed by atoms with Crippen molar-refractivity contribution in [2.24, 2.45) is 5.10 Å². The predicted octanol–water partition coefficient (Wildman–Crippen LogP) is 3.32. The highest BCUT2D eigenvalue weighted by Gasteiger charge is 2.11. The van der Waals surface area contributed by atoms with Gasteiger partial charge in [0, 0.05) is 17.2 Å². The normalized spacial score (nSPS) is 10.6. The summed E-state index contributed by atoms with van der Waals surface area (Å²) in [5.41, 5.74) is 4.13. The van der Waals surface area contributed by atoms with E-state index in [4.69, 9.17) is 11.6 Å². The Morgan fingerprint density at radius 3 is 2.59 bits per heavy atom. The molecule has 0 aliphatic carbocycles. The van der Waals surface area contributed by atoms with Gasteiger partial charge >= 0.3 is 0 Å². The number of nitrogens with one attached hydrogen (secondary N) is 1. The second kappa shape index (κ2) is 6.82. The highest BCUT2D eigenvalue weighted by molar-refractivity contribution is 6.32. The van der Waals surface area contributed by atoms with Gasteiger partial charge in [0.2, 0.25) is 0 Å². The van der Waals surface area contributed by atoms with Crippen molar-refractivity contribution in [1.29, 1.82) is 0 Å². The highest BCUT2D eigenvalue weighted by atomic mass is 35.5. The van der Waals surface area contributed by atoms with Crippen LogP contribution in [0.4, 0.5) is 5.69 Å². The second-order valence-corrected chi connectivity index (χ2v) is 4.94. The molecule has 0 saturated carbocycles. The lowest BCUT2D eigenvalue weighted by Gasteiger charge is -2.00. The van der Waals surface area contributed by atoms with E-state index in [1.54, 1.807) is 18.2 Å². The Morgan fingerprint density at radius 2 is 1.95 bits per heavy atom. The lowest BCUT2D eigenvalue weighted by Crippen LogP contribution is -2.17. The van der Waals surface area contributed by atoms with E-state index in [0.717, 1.165) is 5.56 Å². The van der Waals surface area contributed by atoms with Crippen molar-refractivity contribution in [1.82, 2.24) is 5.43 Å². The summed E-state index contributed by atoms with van der Waals surface area (Å²) in [6.07, 6.45) is 1.31. The first kappa shape index (κ1) is 15.7. The highest BCUT2D eigenvalue weighted by Crippen LogP contribution is 2.24. The molecule has 2 aromatic carbocycles. The maximum Gasteiger partial charge on any atom is 0.288 e. The van der Waals surface area contributed by atoms with Gasteiger partial charge in [0.25, 0.3) is 11.6 Å². The van der Waals surface area contributed by atoms with Crippen LogP contribution in [0.15, 0.2) is 47.6 Å². The van der Waals surface area contributed by atoms with E-state index in [-0.39, 0.29) is 16.6 Å². The van der Waals surface area contributed by atoms with Gasteiger partial charge in [0.05, 0.1) is 11.1 Å². The zero-order valence-corrected chi connectivity index (χ0v) is 12.4. The molecule has 0 fully saturated rings. The van der Waals surface area contributed by atoms with Crippen LogP contribution in [0.1, 0.15) is 21.5 Å². The molecule has 2 rings (SSSR count). The summed E-state index contributed by atoms with van der Waals surface area (Å²) < 4.78 is 0. The quantitative estimate of drug-likeness (QED) is 0.533. The smallest absolute Gasteiger partial charge is 0.267 e. The predicted molar refractivity (Wildman–Crippen MR) is 84.3 cm³/mol. The van der Waals surface area contributed by atoms with Crippen molar-refractivity contribution < 1.29 is 9.72 Å². The third kappa shape index (κ3) is 3.89. The van der Waals surface area contributed by atoms with Crippen molar-refractivity contribution in [2.75, 3.05) is 0 Å². The fourth-order valence-corrected chi connectivity index (χ4v) is 1.87. The van der Waals surface area contributed by atoms with Gasteiger partial charge < -0.3 is 0 Å². The van der Waals surface area contributed by atoms with Gasteiger partial charge in [-0.05, 0) is 25.1 Å². The topological polar surface area (TPSA) is 84.6 Å². The summed E-state index contributed by atoms with van der Waals surface area (Å²) in [6.45, 7) is 1.92. The van der Waals surface area contributed by atoms with E-state index < -0.39 is 4.92 Å². The second-order valence-electron chi connectivity index (χ2n) is 4.53. The molecule has 0 aromatic heterocycles. The van der Waals surface area contributed by atoms with Gasteiger partial charge in [-0.1, -0.05) is 35.4 Å². The Balaban J connectivity index is 2.06. The van der Waals surface area contributed by atoms with Crippen molar-refractivity contribution >= 4 is 29.4 Å². The summed E-state index contributed by atoms with van der Waals surface area (Å²) >= 11 is 5.71. The van der Waals surface area contributed by atoms with Crippen LogP contribution in [0.25, 0.3) is 0 Å². The Hall–Kier alpha value is -2.73. The molecule has 0 heterocycles. The van der Waals surface area contributed by atoms with Crippen molar-refractivity contribution in [3.05, 3.63) is 74.3 Å². The molecule has 6 nitrogen and oxygen atoms in total. The van der Waals surface area contributed by atoms with Gasteiger partial charge in [0.1, 0.15) is 5.02 Å². The van der Waals surface area contributed by atoms with Crippen LogP contribution < -0.4 is 5.43 Å². The molecule has 112 valence electrons. The molecule has 0 aliphatic rings. The molecule has 0 aliphatic heterocycles. The number of amides is 1. The lowest BCUT2D eigenvalue weighted by molar-refractivity contribution is -0.384. The number of hydrogen-bond acceptors (Lipinski definition) is 4. The first-order valence-electron chi connectivity index (χ1n) is 6.31. The van der Waals surface area contributed by atoms with Gasteiger partial charge in [0.15, 0.2) is 0 Å². The minimum atomic E-state index is -0.579. The zero-order valence-electron chi connectivity index (χ0n) is 11.6. The SMILES string of the molecule is Cc1ccc(C(=O)NN=Cc2ccc(Cl)c([N+](=O)[O-])c2)cc1. The number of hydrazone groups is 1. The Kier molecular flexibility index (Phi) is 4.85. The van der Waals surface area contributed by atoms with Gasteiger partial charge in [-0.2, -0.15) is 5.10 Å². The summed E-state index contributed by atoms with van der Waals surface area (Å²) in [5.74, 6) is -0.361. The number of nitro benzene ring substituents is 1. The van der Waals surface area contributed by atoms with Gasteiger partial charge in [-0.3, -0.25) is 14.9 Å². The molecule has 0 atom stereocenters. The molecule has 22 heavy (non-hydrogen) atoms. The number of rotatable bonds is 4. The minimum absolute atomic E-state index is 0.0471. The third-order valence-electron chi connectivity index (χ3n) is 2.86. The average Bonchev–Trinajstić information content (AvgIpc) is 2.49. The first-order valence-corrected chi connectivity index (χ1v) is 6.69. The van der Waals surface area contributed by atoms with E-state index in [2.05, 4.69) is 10.5 Å². The van der Waals surface area contributed by atoms with Crippen LogP contribution in [0.3, 0.4) is 0 Å². The van der Waals surface area contributed by atoms with Crippen LogP contribution in [0, 0.1) is 17.0 Å². The molecular formula is C15H12ClN3O3. The number of carbonyl (C=O) groups excluding carboxylic acids is 1. The summed E-state index contributed by atoms with van der Waals surface area (Å²) in [5, 5.41) is 14.6. The maximum absolute atomic E-state index is 11.8. The van der Waals surface area contributed by atoms with Gasteiger partial charge in [-0.15, -0.1) is 0 Å². The van der Waals surface area contributed by atoms with E-state index >= 15 is 0 Å². The molecule has 0 bridgehead atoms. The minimum Gasteiger partial charge on any atom is -0.267 e. The van der Waals surface area contributed by atoms with E-state index in [0.29, 0.717) is 11.1 Å². The first-order chi connectivity index (χ1) is 10.5. The number of carbonyl (C=O) groups is 1. The molecule has 0 saturated heterocycles. The molecule has 1 amide bonds. The maximum atomic E-state index is 11.8. The number of hydrogen-bond donors (Lipinski definition) is 1. The van der Waals surface area contributed by atoms with E-state index in [1.165, 1.54) is 18.3 Å². The molecule has 7 heteroatoms. The number of nitro groups is 1. The fourth-order valence-electron chi connectivity index (χ4n) is 1.68. The van der Waals surface area contributed by atoms with Crippen molar-refractivity contribution in [3.8, 4) is 0 Å². The van der Waals surface area contributed by atoms with Crippen LogP contribution >= 0.6 is 11.6 Å². The number of nitrogens with zero attached hydrogens (tertiary/aromatic N) is 2. The Morgan fingerprint density at radius 1 is 1.27 bits per heavy atom. The monoisotopic (exact) mass is 317 g/mol.